The molecule has 6 heteroatoms. The fourth-order valence-electron chi connectivity index (χ4n) is 2.30. The van der Waals surface area contributed by atoms with Crippen LogP contribution in [0.2, 0.25) is 5.02 Å². The molecule has 2 aromatic rings. The van der Waals surface area contributed by atoms with Crippen molar-refractivity contribution >= 4 is 23.2 Å². The number of benzene rings is 1. The van der Waals surface area contributed by atoms with Gasteiger partial charge in [0.25, 0.3) is 0 Å². The smallest absolute Gasteiger partial charge is 0.250 e. The summed E-state index contributed by atoms with van der Waals surface area (Å²) in [5.74, 6) is -0.572. The Morgan fingerprint density at radius 3 is 2.95 bits per heavy atom. The van der Waals surface area contributed by atoms with Gasteiger partial charge in [0.2, 0.25) is 5.91 Å². The fourth-order valence-corrected chi connectivity index (χ4v) is 2.42. The maximum absolute atomic E-state index is 13.4. The quantitative estimate of drug-likeness (QED) is 0.848. The van der Waals surface area contributed by atoms with E-state index >= 15 is 0 Å². The largest absolute Gasteiger partial charge is 0.325 e. The third kappa shape index (κ3) is 2.10. The fraction of sp³-hybridized carbons (Fsp3) is 0.231. The molecular weight excluding hydrogens is 269 g/mol. The molecule has 0 aliphatic carbocycles. The number of hydrogen-bond donors (Lipinski definition) is 0. The molecule has 0 N–H and O–H groups in total. The van der Waals surface area contributed by atoms with Gasteiger partial charge < -0.3 is 9.47 Å². The van der Waals surface area contributed by atoms with E-state index in [4.69, 9.17) is 11.6 Å². The average molecular weight is 280 g/mol. The lowest BCUT2D eigenvalue weighted by atomic mass is 10.2. The van der Waals surface area contributed by atoms with E-state index in [1.165, 1.54) is 12.1 Å². The predicted molar refractivity (Wildman–Crippen MR) is 69.6 cm³/mol. The number of hydrogen-bond acceptors (Lipinski definition) is 2. The lowest BCUT2D eigenvalue weighted by Crippen LogP contribution is -2.28. The van der Waals surface area contributed by atoms with Crippen molar-refractivity contribution in [3.63, 3.8) is 0 Å². The summed E-state index contributed by atoms with van der Waals surface area (Å²) in [6.45, 7) is 0.558. The Morgan fingerprint density at radius 2 is 2.26 bits per heavy atom. The Kier molecular flexibility index (Phi) is 2.98. The number of nitrogens with zero attached hydrogens (tertiary/aromatic N) is 3. The van der Waals surface area contributed by atoms with Gasteiger partial charge in [-0.25, -0.2) is 9.37 Å². The number of aromatic nitrogens is 2. The zero-order chi connectivity index (χ0) is 13.4. The molecule has 1 amide bonds. The van der Waals surface area contributed by atoms with Crippen LogP contribution in [0, 0.1) is 5.82 Å². The van der Waals surface area contributed by atoms with Gasteiger partial charge in [-0.3, -0.25) is 4.79 Å². The van der Waals surface area contributed by atoms with Gasteiger partial charge in [-0.1, -0.05) is 11.6 Å². The summed E-state index contributed by atoms with van der Waals surface area (Å²) in [6.07, 6.45) is 5.69. The molecule has 0 saturated carbocycles. The van der Waals surface area contributed by atoms with Crippen molar-refractivity contribution in [2.24, 2.45) is 0 Å². The molecule has 0 radical (unpaired) electrons. The molecule has 1 aromatic carbocycles. The van der Waals surface area contributed by atoms with Crippen molar-refractivity contribution in [1.29, 1.82) is 0 Å². The number of carbonyl (C=O) groups excluding carboxylic acids is 1. The van der Waals surface area contributed by atoms with Crippen molar-refractivity contribution < 1.29 is 9.18 Å². The molecule has 0 bridgehead atoms. The van der Waals surface area contributed by atoms with Gasteiger partial charge >= 0.3 is 0 Å². The van der Waals surface area contributed by atoms with Crippen LogP contribution >= 0.6 is 11.6 Å². The summed E-state index contributed by atoms with van der Waals surface area (Å²) in [5, 5.41) is 0.0570. The zero-order valence-electron chi connectivity index (χ0n) is 9.96. The lowest BCUT2D eigenvalue weighted by molar-refractivity contribution is -0.119. The molecule has 1 fully saturated rings. The SMILES string of the molecule is O=C1[C@@H](n2ccnc2)CCN1c1ccc(Cl)c(F)c1. The minimum atomic E-state index is -0.516. The monoisotopic (exact) mass is 279 g/mol. The van der Waals surface area contributed by atoms with Crippen LogP contribution in [0.1, 0.15) is 12.5 Å². The normalized spacial score (nSPS) is 19.2. The van der Waals surface area contributed by atoms with E-state index in [0.717, 1.165) is 0 Å². The Bertz CT molecular complexity index is 614. The van der Waals surface area contributed by atoms with Crippen LogP contribution in [0.25, 0.3) is 0 Å². The topological polar surface area (TPSA) is 38.1 Å². The first kappa shape index (κ1) is 12.2. The third-order valence-corrected chi connectivity index (χ3v) is 3.58. The van der Waals surface area contributed by atoms with Gasteiger partial charge in [0.1, 0.15) is 11.9 Å². The molecule has 98 valence electrons. The van der Waals surface area contributed by atoms with Crippen molar-refractivity contribution in [3.8, 4) is 0 Å². The maximum Gasteiger partial charge on any atom is 0.250 e. The molecule has 19 heavy (non-hydrogen) atoms. The summed E-state index contributed by atoms with van der Waals surface area (Å²) in [7, 11) is 0. The van der Waals surface area contributed by atoms with Crippen LogP contribution in [0.15, 0.2) is 36.9 Å². The zero-order valence-corrected chi connectivity index (χ0v) is 10.7. The minimum absolute atomic E-state index is 0.0558. The summed E-state index contributed by atoms with van der Waals surface area (Å²) >= 11 is 5.64. The predicted octanol–water partition coefficient (Wildman–Crippen LogP) is 2.65. The van der Waals surface area contributed by atoms with Crippen LogP contribution in [-0.2, 0) is 4.79 Å². The van der Waals surface area contributed by atoms with Crippen molar-refractivity contribution in [3.05, 3.63) is 47.8 Å². The van der Waals surface area contributed by atoms with Crippen LogP contribution in [0.4, 0.5) is 10.1 Å². The van der Waals surface area contributed by atoms with Crippen LogP contribution in [-0.4, -0.2) is 22.0 Å². The minimum Gasteiger partial charge on any atom is -0.325 e. The molecule has 1 aromatic heterocycles. The first-order valence-corrected chi connectivity index (χ1v) is 6.28. The highest BCUT2D eigenvalue weighted by molar-refractivity contribution is 6.30. The molecule has 4 nitrogen and oxygen atoms in total. The van der Waals surface area contributed by atoms with E-state index < -0.39 is 5.82 Å². The van der Waals surface area contributed by atoms with Crippen LogP contribution in [0.5, 0.6) is 0 Å². The Balaban J connectivity index is 1.87. The van der Waals surface area contributed by atoms with Gasteiger partial charge in [0, 0.05) is 24.6 Å². The second-order valence-electron chi connectivity index (χ2n) is 4.40. The first-order chi connectivity index (χ1) is 9.16. The summed E-state index contributed by atoms with van der Waals surface area (Å²) in [6, 6.07) is 4.14. The standard InChI is InChI=1S/C13H11ClFN3O/c14-10-2-1-9(7-11(10)15)18-5-3-12(13(18)19)17-6-4-16-8-17/h1-2,4,6-8,12H,3,5H2/t12-/m0/s1. The number of imidazole rings is 1. The molecule has 2 heterocycles. The van der Waals surface area contributed by atoms with Gasteiger partial charge in [0.15, 0.2) is 0 Å². The highest BCUT2D eigenvalue weighted by atomic mass is 35.5. The third-order valence-electron chi connectivity index (χ3n) is 3.28. The maximum atomic E-state index is 13.4. The highest BCUT2D eigenvalue weighted by Crippen LogP contribution is 2.30. The van der Waals surface area contributed by atoms with Crippen molar-refractivity contribution in [2.75, 3.05) is 11.4 Å². The number of anilines is 1. The van der Waals surface area contributed by atoms with Crippen LogP contribution < -0.4 is 4.90 Å². The molecule has 3 rings (SSSR count). The molecule has 1 saturated heterocycles. The number of amides is 1. The Labute approximate surface area is 114 Å². The summed E-state index contributed by atoms with van der Waals surface area (Å²) in [5.41, 5.74) is 0.537. The molecule has 0 unspecified atom stereocenters. The second-order valence-corrected chi connectivity index (χ2v) is 4.81. The van der Waals surface area contributed by atoms with Crippen molar-refractivity contribution in [1.82, 2.24) is 9.55 Å². The van der Waals surface area contributed by atoms with E-state index in [9.17, 15) is 9.18 Å². The number of rotatable bonds is 2. The van der Waals surface area contributed by atoms with E-state index in [1.54, 1.807) is 34.3 Å². The van der Waals surface area contributed by atoms with E-state index in [-0.39, 0.29) is 17.0 Å². The lowest BCUT2D eigenvalue weighted by Gasteiger charge is -2.17. The molecule has 1 aliphatic rings. The Hall–Kier alpha value is -1.88. The van der Waals surface area contributed by atoms with Crippen molar-refractivity contribution in [2.45, 2.75) is 12.5 Å². The van der Waals surface area contributed by atoms with E-state index in [2.05, 4.69) is 4.98 Å². The van der Waals surface area contributed by atoms with Gasteiger partial charge in [0.05, 0.1) is 11.3 Å². The highest BCUT2D eigenvalue weighted by Gasteiger charge is 2.33. The van der Waals surface area contributed by atoms with Gasteiger partial charge in [-0.05, 0) is 24.6 Å². The van der Waals surface area contributed by atoms with E-state index in [1.807, 2.05) is 0 Å². The van der Waals surface area contributed by atoms with Crippen LogP contribution in [0.3, 0.4) is 0 Å². The summed E-state index contributed by atoms with van der Waals surface area (Å²) in [4.78, 5) is 17.8. The summed E-state index contributed by atoms with van der Waals surface area (Å²) < 4.78 is 15.2. The van der Waals surface area contributed by atoms with E-state index in [0.29, 0.717) is 18.7 Å². The Morgan fingerprint density at radius 1 is 1.42 bits per heavy atom. The molecule has 0 spiro atoms. The molecule has 1 atom stereocenters. The molecule has 1 aliphatic heterocycles. The number of halogens is 2. The van der Waals surface area contributed by atoms with Gasteiger partial charge in [-0.15, -0.1) is 0 Å². The second kappa shape index (κ2) is 4.66. The average Bonchev–Trinajstić information content (AvgIpc) is 3.02. The first-order valence-electron chi connectivity index (χ1n) is 5.90. The molecular formula is C13H11ClFN3O. The number of carbonyl (C=O) groups is 1. The van der Waals surface area contributed by atoms with Gasteiger partial charge in [-0.2, -0.15) is 0 Å².